The molecule has 3 N–H and O–H groups in total. The number of hydrogen-bond acceptors (Lipinski definition) is 3. The monoisotopic (exact) mass is 210 g/mol. The van der Waals surface area contributed by atoms with E-state index in [0.29, 0.717) is 19.0 Å². The number of carbonyl (C=O) groups is 1. The van der Waals surface area contributed by atoms with Gasteiger partial charge in [-0.15, -0.1) is 0 Å². The predicted octanol–water partition coefficient (Wildman–Crippen LogP) is -0.149. The first-order chi connectivity index (χ1) is 7.04. The Kier molecular flexibility index (Phi) is 1.75. The summed E-state index contributed by atoms with van der Waals surface area (Å²) in [5, 5.41) is 10.1. The lowest BCUT2D eigenvalue weighted by atomic mass is 9.75. The van der Waals surface area contributed by atoms with Crippen LogP contribution in [0.15, 0.2) is 0 Å². The van der Waals surface area contributed by atoms with Crippen LogP contribution in [-0.4, -0.2) is 40.1 Å². The molecule has 0 atom stereocenters. The Morgan fingerprint density at radius 2 is 1.93 bits per heavy atom. The summed E-state index contributed by atoms with van der Waals surface area (Å²) in [4.78, 5) is 13.7. The summed E-state index contributed by atoms with van der Waals surface area (Å²) in [5.74, 6) is 0.496. The van der Waals surface area contributed by atoms with E-state index in [2.05, 4.69) is 0 Å². The zero-order valence-electron chi connectivity index (χ0n) is 8.91. The Hall–Kier alpha value is -0.610. The van der Waals surface area contributed by atoms with Crippen molar-refractivity contribution in [3.05, 3.63) is 0 Å². The van der Waals surface area contributed by atoms with Crippen molar-refractivity contribution in [2.75, 3.05) is 13.1 Å². The van der Waals surface area contributed by atoms with Gasteiger partial charge in [-0.25, -0.2) is 0 Å². The molecule has 4 nitrogen and oxygen atoms in total. The average Bonchev–Trinajstić information content (AvgIpc) is 2.90. The minimum atomic E-state index is -0.592. The molecule has 0 aromatic carbocycles. The summed E-state index contributed by atoms with van der Waals surface area (Å²) in [6.07, 6.45) is 4.91. The van der Waals surface area contributed by atoms with E-state index in [1.54, 1.807) is 4.90 Å². The molecule has 0 unspecified atom stereocenters. The molecule has 3 fully saturated rings. The third kappa shape index (κ3) is 1.31. The van der Waals surface area contributed by atoms with E-state index in [4.69, 9.17) is 5.73 Å². The molecule has 0 aromatic rings. The van der Waals surface area contributed by atoms with Gasteiger partial charge in [0.15, 0.2) is 0 Å². The Balaban J connectivity index is 1.60. The quantitative estimate of drug-likeness (QED) is 0.666. The van der Waals surface area contributed by atoms with Gasteiger partial charge in [-0.3, -0.25) is 4.79 Å². The molecule has 0 spiro atoms. The van der Waals surface area contributed by atoms with Gasteiger partial charge in [0, 0.05) is 0 Å². The highest BCUT2D eigenvalue weighted by Gasteiger charge is 2.56. The van der Waals surface area contributed by atoms with Gasteiger partial charge in [0.25, 0.3) is 0 Å². The standard InChI is InChI=1S/C11H18N2O2/c12-10(4-1-5-10)9(14)13-6-11(15,7-13)8-2-3-8/h8,15H,1-7,12H2. The van der Waals surface area contributed by atoms with E-state index < -0.39 is 11.1 Å². The van der Waals surface area contributed by atoms with Crippen molar-refractivity contribution < 1.29 is 9.90 Å². The van der Waals surface area contributed by atoms with Crippen molar-refractivity contribution in [2.45, 2.75) is 43.2 Å². The van der Waals surface area contributed by atoms with Gasteiger partial charge >= 0.3 is 0 Å². The van der Waals surface area contributed by atoms with Crippen LogP contribution < -0.4 is 5.73 Å². The molecular formula is C11H18N2O2. The first kappa shape index (κ1) is 9.60. The topological polar surface area (TPSA) is 66.6 Å². The highest BCUT2D eigenvalue weighted by atomic mass is 16.3. The van der Waals surface area contributed by atoms with E-state index in [0.717, 1.165) is 32.1 Å². The van der Waals surface area contributed by atoms with E-state index in [-0.39, 0.29) is 5.91 Å². The predicted molar refractivity (Wildman–Crippen MR) is 55.0 cm³/mol. The number of rotatable bonds is 2. The lowest BCUT2D eigenvalue weighted by molar-refractivity contribution is -0.167. The fourth-order valence-corrected chi connectivity index (χ4v) is 2.72. The molecule has 2 saturated carbocycles. The fraction of sp³-hybridized carbons (Fsp3) is 0.909. The largest absolute Gasteiger partial charge is 0.386 e. The van der Waals surface area contributed by atoms with E-state index in [1.807, 2.05) is 0 Å². The Labute approximate surface area is 89.4 Å². The Morgan fingerprint density at radius 3 is 2.33 bits per heavy atom. The summed E-state index contributed by atoms with van der Waals surface area (Å²) in [5.41, 5.74) is 4.80. The van der Waals surface area contributed by atoms with E-state index in [9.17, 15) is 9.90 Å². The first-order valence-corrected chi connectivity index (χ1v) is 5.84. The minimum absolute atomic E-state index is 0.0547. The van der Waals surface area contributed by atoms with Crippen molar-refractivity contribution >= 4 is 5.91 Å². The van der Waals surface area contributed by atoms with Gasteiger partial charge in [0.2, 0.25) is 5.91 Å². The zero-order chi connectivity index (χ0) is 10.7. The molecule has 4 heteroatoms. The average molecular weight is 210 g/mol. The number of carbonyl (C=O) groups excluding carboxylic acids is 1. The molecule has 0 aromatic heterocycles. The molecule has 15 heavy (non-hydrogen) atoms. The number of nitrogens with two attached hydrogens (primary N) is 1. The zero-order valence-corrected chi connectivity index (χ0v) is 8.91. The molecule has 1 aliphatic heterocycles. The number of hydrogen-bond donors (Lipinski definition) is 2. The Morgan fingerprint density at radius 1 is 1.33 bits per heavy atom. The molecule has 2 aliphatic carbocycles. The molecule has 1 saturated heterocycles. The van der Waals surface area contributed by atoms with Crippen molar-refractivity contribution in [1.29, 1.82) is 0 Å². The Bertz CT molecular complexity index is 302. The van der Waals surface area contributed by atoms with Crippen LogP contribution in [0.2, 0.25) is 0 Å². The van der Waals surface area contributed by atoms with Crippen LogP contribution >= 0.6 is 0 Å². The minimum Gasteiger partial charge on any atom is -0.386 e. The molecule has 84 valence electrons. The molecule has 1 heterocycles. The number of likely N-dealkylation sites (tertiary alicyclic amines) is 1. The van der Waals surface area contributed by atoms with Gasteiger partial charge in [0.05, 0.1) is 18.6 Å². The maximum Gasteiger partial charge on any atom is 0.242 e. The van der Waals surface area contributed by atoms with Crippen LogP contribution in [0.3, 0.4) is 0 Å². The van der Waals surface area contributed by atoms with Crippen LogP contribution in [0.25, 0.3) is 0 Å². The highest BCUT2D eigenvalue weighted by molar-refractivity contribution is 5.88. The van der Waals surface area contributed by atoms with Gasteiger partial charge in [0.1, 0.15) is 5.60 Å². The number of β-amino-alcohol motifs (C(OH)–C–C–N with tert-alkyl or cyclic N) is 1. The molecule has 3 rings (SSSR count). The van der Waals surface area contributed by atoms with Gasteiger partial charge < -0.3 is 15.7 Å². The van der Waals surface area contributed by atoms with E-state index in [1.165, 1.54) is 0 Å². The van der Waals surface area contributed by atoms with Crippen LogP contribution in [0, 0.1) is 5.92 Å². The molecule has 3 aliphatic rings. The third-order valence-electron chi connectivity index (χ3n) is 4.23. The lowest BCUT2D eigenvalue weighted by Gasteiger charge is -2.51. The summed E-state index contributed by atoms with van der Waals surface area (Å²) >= 11 is 0. The molecule has 1 amide bonds. The summed E-state index contributed by atoms with van der Waals surface area (Å²) in [6.45, 7) is 1.02. The second-order valence-electron chi connectivity index (χ2n) is 5.55. The lowest BCUT2D eigenvalue weighted by Crippen LogP contribution is -2.71. The first-order valence-electron chi connectivity index (χ1n) is 5.84. The normalized spacial score (nSPS) is 31.7. The van der Waals surface area contributed by atoms with Gasteiger partial charge in [-0.2, -0.15) is 0 Å². The summed E-state index contributed by atoms with van der Waals surface area (Å²) in [7, 11) is 0. The second kappa shape index (κ2) is 2.74. The van der Waals surface area contributed by atoms with Crippen molar-refractivity contribution in [3.63, 3.8) is 0 Å². The highest BCUT2D eigenvalue weighted by Crippen LogP contribution is 2.45. The molecule has 0 radical (unpaired) electrons. The van der Waals surface area contributed by atoms with E-state index >= 15 is 0 Å². The van der Waals surface area contributed by atoms with Gasteiger partial charge in [-0.05, 0) is 38.0 Å². The third-order valence-corrected chi connectivity index (χ3v) is 4.23. The van der Waals surface area contributed by atoms with Crippen LogP contribution in [0.1, 0.15) is 32.1 Å². The molecule has 0 bridgehead atoms. The van der Waals surface area contributed by atoms with Crippen LogP contribution in [0.5, 0.6) is 0 Å². The SMILES string of the molecule is NC1(C(=O)N2CC(O)(C3CC3)C2)CCC1. The van der Waals surface area contributed by atoms with Crippen molar-refractivity contribution in [1.82, 2.24) is 4.90 Å². The number of aliphatic hydroxyl groups is 1. The fourth-order valence-electron chi connectivity index (χ4n) is 2.72. The van der Waals surface area contributed by atoms with Crippen molar-refractivity contribution in [2.24, 2.45) is 11.7 Å². The smallest absolute Gasteiger partial charge is 0.242 e. The second-order valence-corrected chi connectivity index (χ2v) is 5.55. The maximum absolute atomic E-state index is 11.9. The maximum atomic E-state index is 11.9. The summed E-state index contributed by atoms with van der Waals surface area (Å²) in [6, 6.07) is 0. The van der Waals surface area contributed by atoms with Crippen LogP contribution in [0.4, 0.5) is 0 Å². The number of amides is 1. The summed E-state index contributed by atoms with van der Waals surface area (Å²) < 4.78 is 0. The van der Waals surface area contributed by atoms with Gasteiger partial charge in [-0.1, -0.05) is 0 Å². The molecular weight excluding hydrogens is 192 g/mol. The number of nitrogens with zero attached hydrogens (tertiary/aromatic N) is 1. The van der Waals surface area contributed by atoms with Crippen LogP contribution in [-0.2, 0) is 4.79 Å². The van der Waals surface area contributed by atoms with Crippen molar-refractivity contribution in [3.8, 4) is 0 Å².